The summed E-state index contributed by atoms with van der Waals surface area (Å²) in [6.45, 7) is 8.02. The molecule has 0 heterocycles. The lowest BCUT2D eigenvalue weighted by Crippen LogP contribution is -2.17. The molecule has 21 heavy (non-hydrogen) atoms. The standard InChI is InChI=1S/C17H21NO2S/c1-13-10-11-14(17(2,3)4)12-16(13)21(19,20)18-15-8-6-5-7-9-15/h5-12,18H,1-4H3. The van der Waals surface area contributed by atoms with Crippen LogP contribution in [0.4, 0.5) is 5.69 Å². The van der Waals surface area contributed by atoms with E-state index in [1.807, 2.05) is 25.1 Å². The molecule has 0 fully saturated rings. The summed E-state index contributed by atoms with van der Waals surface area (Å²) < 4.78 is 27.8. The number of benzene rings is 2. The quantitative estimate of drug-likeness (QED) is 0.928. The monoisotopic (exact) mass is 303 g/mol. The normalized spacial score (nSPS) is 12.2. The molecule has 0 aliphatic carbocycles. The topological polar surface area (TPSA) is 46.2 Å². The molecule has 0 atom stereocenters. The zero-order chi connectivity index (χ0) is 15.7. The van der Waals surface area contributed by atoms with Crippen LogP contribution in [0, 0.1) is 6.92 Å². The molecule has 2 aromatic rings. The second-order valence-corrected chi connectivity index (χ2v) is 7.85. The first-order valence-corrected chi connectivity index (χ1v) is 8.37. The molecular weight excluding hydrogens is 282 g/mol. The van der Waals surface area contributed by atoms with E-state index < -0.39 is 10.0 Å². The Bertz CT molecular complexity index is 729. The maximum Gasteiger partial charge on any atom is 0.262 e. The molecule has 2 rings (SSSR count). The Kier molecular flexibility index (Phi) is 4.10. The first-order chi connectivity index (χ1) is 9.70. The molecule has 3 nitrogen and oxygen atoms in total. The van der Waals surface area contributed by atoms with Crippen molar-refractivity contribution in [2.75, 3.05) is 4.72 Å². The Morgan fingerprint density at radius 3 is 2.14 bits per heavy atom. The molecule has 0 saturated carbocycles. The average Bonchev–Trinajstić information content (AvgIpc) is 2.38. The minimum absolute atomic E-state index is 0.0925. The Morgan fingerprint density at radius 1 is 0.952 bits per heavy atom. The molecule has 0 saturated heterocycles. The molecule has 0 radical (unpaired) electrons. The van der Waals surface area contributed by atoms with Gasteiger partial charge in [0, 0.05) is 5.69 Å². The molecule has 1 N–H and O–H groups in total. The van der Waals surface area contributed by atoms with Gasteiger partial charge >= 0.3 is 0 Å². The van der Waals surface area contributed by atoms with E-state index in [-0.39, 0.29) is 5.41 Å². The highest BCUT2D eigenvalue weighted by molar-refractivity contribution is 7.92. The maximum atomic E-state index is 12.6. The van der Waals surface area contributed by atoms with Crippen LogP contribution in [-0.2, 0) is 15.4 Å². The zero-order valence-corrected chi connectivity index (χ0v) is 13.7. The van der Waals surface area contributed by atoms with Crippen LogP contribution in [0.1, 0.15) is 31.9 Å². The van der Waals surface area contributed by atoms with E-state index in [4.69, 9.17) is 0 Å². The van der Waals surface area contributed by atoms with Crippen LogP contribution < -0.4 is 4.72 Å². The Morgan fingerprint density at radius 2 is 1.57 bits per heavy atom. The molecule has 0 amide bonds. The van der Waals surface area contributed by atoms with E-state index in [2.05, 4.69) is 25.5 Å². The second kappa shape index (κ2) is 5.53. The zero-order valence-electron chi connectivity index (χ0n) is 12.8. The molecule has 0 bridgehead atoms. The highest BCUT2D eigenvalue weighted by atomic mass is 32.2. The number of hydrogen-bond donors (Lipinski definition) is 1. The molecular formula is C17H21NO2S. The fourth-order valence-electron chi connectivity index (χ4n) is 2.07. The van der Waals surface area contributed by atoms with Crippen molar-refractivity contribution < 1.29 is 8.42 Å². The third kappa shape index (κ3) is 3.64. The van der Waals surface area contributed by atoms with Crippen LogP contribution in [0.15, 0.2) is 53.4 Å². The van der Waals surface area contributed by atoms with E-state index in [0.29, 0.717) is 10.6 Å². The van der Waals surface area contributed by atoms with Gasteiger partial charge in [0.15, 0.2) is 0 Å². The lowest BCUT2D eigenvalue weighted by Gasteiger charge is -2.21. The minimum Gasteiger partial charge on any atom is -0.280 e. The van der Waals surface area contributed by atoms with Crippen LogP contribution in [0.2, 0.25) is 0 Å². The van der Waals surface area contributed by atoms with E-state index in [0.717, 1.165) is 11.1 Å². The van der Waals surface area contributed by atoms with Gasteiger partial charge in [0.05, 0.1) is 4.90 Å². The van der Waals surface area contributed by atoms with Crippen LogP contribution in [-0.4, -0.2) is 8.42 Å². The number of hydrogen-bond acceptors (Lipinski definition) is 2. The van der Waals surface area contributed by atoms with Gasteiger partial charge in [-0.3, -0.25) is 4.72 Å². The summed E-state index contributed by atoms with van der Waals surface area (Å²) in [7, 11) is -3.58. The maximum absolute atomic E-state index is 12.6. The van der Waals surface area contributed by atoms with Gasteiger partial charge in [-0.15, -0.1) is 0 Å². The van der Waals surface area contributed by atoms with Crippen molar-refractivity contribution in [2.24, 2.45) is 0 Å². The van der Waals surface area contributed by atoms with Crippen LogP contribution >= 0.6 is 0 Å². The summed E-state index contributed by atoms with van der Waals surface area (Å²) in [5, 5.41) is 0. The molecule has 0 unspecified atom stereocenters. The summed E-state index contributed by atoms with van der Waals surface area (Å²) >= 11 is 0. The van der Waals surface area contributed by atoms with Gasteiger partial charge in [-0.05, 0) is 41.7 Å². The van der Waals surface area contributed by atoms with E-state index in [1.165, 1.54) is 0 Å². The number of rotatable bonds is 3. The fraction of sp³-hybridized carbons (Fsp3) is 0.294. The minimum atomic E-state index is -3.58. The Hall–Kier alpha value is -1.81. The number of para-hydroxylation sites is 1. The van der Waals surface area contributed by atoms with Gasteiger partial charge in [0.1, 0.15) is 0 Å². The predicted molar refractivity (Wildman–Crippen MR) is 87.1 cm³/mol. The number of anilines is 1. The number of aryl methyl sites for hydroxylation is 1. The third-order valence-electron chi connectivity index (χ3n) is 3.37. The van der Waals surface area contributed by atoms with Crippen molar-refractivity contribution in [3.05, 3.63) is 59.7 Å². The first-order valence-electron chi connectivity index (χ1n) is 6.89. The second-order valence-electron chi connectivity index (χ2n) is 6.20. The summed E-state index contributed by atoms with van der Waals surface area (Å²) in [6, 6.07) is 14.5. The van der Waals surface area contributed by atoms with Crippen molar-refractivity contribution in [1.82, 2.24) is 0 Å². The fourth-order valence-corrected chi connectivity index (χ4v) is 3.40. The molecule has 0 aliphatic heterocycles. The molecule has 4 heteroatoms. The largest absolute Gasteiger partial charge is 0.280 e. The molecule has 112 valence electrons. The van der Waals surface area contributed by atoms with Gasteiger partial charge < -0.3 is 0 Å². The lowest BCUT2D eigenvalue weighted by molar-refractivity contribution is 0.584. The first kappa shape index (κ1) is 15.6. The summed E-state index contributed by atoms with van der Waals surface area (Å²) in [4.78, 5) is 0.332. The SMILES string of the molecule is Cc1ccc(C(C)(C)C)cc1S(=O)(=O)Nc1ccccc1. The van der Waals surface area contributed by atoms with Crippen LogP contribution in [0.25, 0.3) is 0 Å². The lowest BCUT2D eigenvalue weighted by atomic mass is 9.87. The predicted octanol–water partition coefficient (Wildman–Crippen LogP) is 4.09. The van der Waals surface area contributed by atoms with Gasteiger partial charge in [-0.2, -0.15) is 0 Å². The summed E-state index contributed by atoms with van der Waals surface area (Å²) in [6.07, 6.45) is 0. The van der Waals surface area contributed by atoms with Crippen LogP contribution in [0.5, 0.6) is 0 Å². The van der Waals surface area contributed by atoms with Gasteiger partial charge in [0.25, 0.3) is 10.0 Å². The van der Waals surface area contributed by atoms with E-state index in [9.17, 15) is 8.42 Å². The summed E-state index contributed by atoms with van der Waals surface area (Å²) in [5.74, 6) is 0. The van der Waals surface area contributed by atoms with E-state index >= 15 is 0 Å². The highest BCUT2D eigenvalue weighted by Crippen LogP contribution is 2.27. The summed E-state index contributed by atoms with van der Waals surface area (Å²) in [5.41, 5.74) is 2.22. The molecule has 0 spiro atoms. The number of sulfonamides is 1. The highest BCUT2D eigenvalue weighted by Gasteiger charge is 2.21. The number of nitrogens with one attached hydrogen (secondary N) is 1. The van der Waals surface area contributed by atoms with Crippen LogP contribution in [0.3, 0.4) is 0 Å². The average molecular weight is 303 g/mol. The Labute approximate surface area is 127 Å². The van der Waals surface area contributed by atoms with Crippen molar-refractivity contribution in [3.63, 3.8) is 0 Å². The van der Waals surface area contributed by atoms with Crippen molar-refractivity contribution >= 4 is 15.7 Å². The molecule has 0 aliphatic rings. The van der Waals surface area contributed by atoms with Crippen molar-refractivity contribution in [2.45, 2.75) is 38.0 Å². The van der Waals surface area contributed by atoms with Gasteiger partial charge in [-0.1, -0.05) is 51.1 Å². The van der Waals surface area contributed by atoms with Gasteiger partial charge in [-0.25, -0.2) is 8.42 Å². The Balaban J connectivity index is 2.45. The van der Waals surface area contributed by atoms with Crippen molar-refractivity contribution in [1.29, 1.82) is 0 Å². The smallest absolute Gasteiger partial charge is 0.262 e. The molecule has 2 aromatic carbocycles. The third-order valence-corrected chi connectivity index (χ3v) is 4.89. The molecule has 0 aromatic heterocycles. The van der Waals surface area contributed by atoms with Crippen molar-refractivity contribution in [3.8, 4) is 0 Å². The van der Waals surface area contributed by atoms with E-state index in [1.54, 1.807) is 30.3 Å². The van der Waals surface area contributed by atoms with Gasteiger partial charge in [0.2, 0.25) is 0 Å².